The van der Waals surface area contributed by atoms with E-state index in [1.54, 1.807) is 0 Å². The SMILES string of the molecule is c1ccc(Cn2ccc(-c3ccccc3)n2)cc1. The molecule has 0 fully saturated rings. The second-order valence-electron chi connectivity index (χ2n) is 4.25. The van der Waals surface area contributed by atoms with Crippen molar-refractivity contribution in [1.82, 2.24) is 9.78 Å². The van der Waals surface area contributed by atoms with Crippen molar-refractivity contribution in [3.8, 4) is 11.3 Å². The molecule has 0 N–H and O–H groups in total. The van der Waals surface area contributed by atoms with E-state index in [0.29, 0.717) is 0 Å². The molecule has 0 unspecified atom stereocenters. The van der Waals surface area contributed by atoms with Gasteiger partial charge in [-0.05, 0) is 11.6 Å². The first-order valence-corrected chi connectivity index (χ1v) is 6.04. The van der Waals surface area contributed by atoms with Crippen molar-refractivity contribution in [3.63, 3.8) is 0 Å². The Bertz CT molecular complexity index is 612. The molecule has 0 radical (unpaired) electrons. The van der Waals surface area contributed by atoms with Gasteiger partial charge < -0.3 is 0 Å². The summed E-state index contributed by atoms with van der Waals surface area (Å²) in [5.41, 5.74) is 3.44. The van der Waals surface area contributed by atoms with Crippen molar-refractivity contribution >= 4 is 0 Å². The molecule has 0 aliphatic heterocycles. The van der Waals surface area contributed by atoms with E-state index >= 15 is 0 Å². The van der Waals surface area contributed by atoms with E-state index in [1.807, 2.05) is 35.1 Å². The van der Waals surface area contributed by atoms with Gasteiger partial charge in [0.2, 0.25) is 0 Å². The minimum absolute atomic E-state index is 0.813. The Morgan fingerprint density at radius 1 is 0.778 bits per heavy atom. The highest BCUT2D eigenvalue weighted by atomic mass is 15.3. The highest BCUT2D eigenvalue weighted by molar-refractivity contribution is 5.57. The van der Waals surface area contributed by atoms with E-state index in [4.69, 9.17) is 0 Å². The van der Waals surface area contributed by atoms with Crippen molar-refractivity contribution in [2.45, 2.75) is 6.54 Å². The average Bonchev–Trinajstić information content (AvgIpc) is 2.89. The predicted molar refractivity (Wildman–Crippen MR) is 73.2 cm³/mol. The second-order valence-corrected chi connectivity index (χ2v) is 4.25. The third-order valence-corrected chi connectivity index (χ3v) is 2.90. The highest BCUT2D eigenvalue weighted by Crippen LogP contribution is 2.16. The molecular formula is C16H14N2. The minimum atomic E-state index is 0.813. The van der Waals surface area contributed by atoms with E-state index in [2.05, 4.69) is 47.6 Å². The third-order valence-electron chi connectivity index (χ3n) is 2.90. The molecule has 2 heteroatoms. The van der Waals surface area contributed by atoms with E-state index < -0.39 is 0 Å². The normalized spacial score (nSPS) is 10.4. The van der Waals surface area contributed by atoms with Gasteiger partial charge in [0.25, 0.3) is 0 Å². The van der Waals surface area contributed by atoms with E-state index in [9.17, 15) is 0 Å². The van der Waals surface area contributed by atoms with Gasteiger partial charge in [0.05, 0.1) is 12.2 Å². The van der Waals surface area contributed by atoms with Crippen LogP contribution in [0.1, 0.15) is 5.56 Å². The minimum Gasteiger partial charge on any atom is -0.268 e. The number of benzene rings is 2. The lowest BCUT2D eigenvalue weighted by Crippen LogP contribution is -1.99. The van der Waals surface area contributed by atoms with Crippen LogP contribution >= 0.6 is 0 Å². The zero-order chi connectivity index (χ0) is 12.2. The number of nitrogens with zero attached hydrogens (tertiary/aromatic N) is 2. The van der Waals surface area contributed by atoms with Gasteiger partial charge in [0.1, 0.15) is 0 Å². The molecule has 0 aliphatic carbocycles. The largest absolute Gasteiger partial charge is 0.268 e. The molecule has 0 aliphatic rings. The highest BCUT2D eigenvalue weighted by Gasteiger charge is 2.01. The first kappa shape index (κ1) is 10.8. The zero-order valence-corrected chi connectivity index (χ0v) is 10.0. The maximum Gasteiger partial charge on any atom is 0.0923 e. The fraction of sp³-hybridized carbons (Fsp3) is 0.0625. The fourth-order valence-corrected chi connectivity index (χ4v) is 1.98. The second kappa shape index (κ2) is 4.88. The quantitative estimate of drug-likeness (QED) is 0.677. The maximum absolute atomic E-state index is 4.59. The molecule has 2 aromatic carbocycles. The van der Waals surface area contributed by atoms with Crippen LogP contribution in [0.3, 0.4) is 0 Å². The molecule has 2 nitrogen and oxygen atoms in total. The summed E-state index contributed by atoms with van der Waals surface area (Å²) < 4.78 is 1.97. The lowest BCUT2D eigenvalue weighted by atomic mass is 10.2. The maximum atomic E-state index is 4.59. The average molecular weight is 234 g/mol. The van der Waals surface area contributed by atoms with Crippen molar-refractivity contribution in [3.05, 3.63) is 78.5 Å². The fourth-order valence-electron chi connectivity index (χ4n) is 1.98. The molecule has 3 aromatic rings. The Morgan fingerprint density at radius 3 is 2.17 bits per heavy atom. The molecule has 1 aromatic heterocycles. The Labute approximate surface area is 107 Å². The Balaban J connectivity index is 1.82. The molecule has 0 atom stereocenters. The summed E-state index contributed by atoms with van der Waals surface area (Å²) in [5, 5.41) is 4.59. The number of rotatable bonds is 3. The van der Waals surface area contributed by atoms with E-state index in [0.717, 1.165) is 17.8 Å². The van der Waals surface area contributed by atoms with Crippen LogP contribution in [0.15, 0.2) is 72.9 Å². The molecule has 0 saturated carbocycles. The van der Waals surface area contributed by atoms with Gasteiger partial charge in [0, 0.05) is 11.8 Å². The molecule has 18 heavy (non-hydrogen) atoms. The van der Waals surface area contributed by atoms with Crippen molar-refractivity contribution < 1.29 is 0 Å². The molecule has 0 bridgehead atoms. The Kier molecular flexibility index (Phi) is 2.92. The van der Waals surface area contributed by atoms with Crippen LogP contribution in [0, 0.1) is 0 Å². The summed E-state index contributed by atoms with van der Waals surface area (Å²) in [6.45, 7) is 0.813. The van der Waals surface area contributed by atoms with Gasteiger partial charge in [-0.1, -0.05) is 60.7 Å². The topological polar surface area (TPSA) is 17.8 Å². The molecular weight excluding hydrogens is 220 g/mol. The number of hydrogen-bond donors (Lipinski definition) is 0. The van der Waals surface area contributed by atoms with Crippen LogP contribution in [-0.2, 0) is 6.54 Å². The summed E-state index contributed by atoms with van der Waals surface area (Å²) in [6, 6.07) is 22.7. The predicted octanol–water partition coefficient (Wildman–Crippen LogP) is 3.60. The first-order valence-electron chi connectivity index (χ1n) is 6.04. The molecule has 0 amide bonds. The van der Waals surface area contributed by atoms with Gasteiger partial charge >= 0.3 is 0 Å². The molecule has 0 spiro atoms. The van der Waals surface area contributed by atoms with Crippen molar-refractivity contribution in [1.29, 1.82) is 0 Å². The van der Waals surface area contributed by atoms with Crippen LogP contribution < -0.4 is 0 Å². The third kappa shape index (κ3) is 2.33. The van der Waals surface area contributed by atoms with Crippen LogP contribution in [0.4, 0.5) is 0 Å². The summed E-state index contributed by atoms with van der Waals surface area (Å²) in [5.74, 6) is 0. The van der Waals surface area contributed by atoms with Gasteiger partial charge in [-0.2, -0.15) is 5.10 Å². The number of aromatic nitrogens is 2. The Morgan fingerprint density at radius 2 is 1.44 bits per heavy atom. The Hall–Kier alpha value is -2.35. The van der Waals surface area contributed by atoms with Crippen LogP contribution in [0.2, 0.25) is 0 Å². The zero-order valence-electron chi connectivity index (χ0n) is 10.0. The summed E-state index contributed by atoms with van der Waals surface area (Å²) in [4.78, 5) is 0. The van der Waals surface area contributed by atoms with E-state index in [-0.39, 0.29) is 0 Å². The standard InChI is InChI=1S/C16H14N2/c1-3-7-14(8-4-1)13-18-12-11-16(17-18)15-9-5-2-6-10-15/h1-12H,13H2. The van der Waals surface area contributed by atoms with E-state index in [1.165, 1.54) is 5.56 Å². The van der Waals surface area contributed by atoms with Crippen LogP contribution in [0.5, 0.6) is 0 Å². The molecule has 0 saturated heterocycles. The van der Waals surface area contributed by atoms with Gasteiger partial charge in [-0.15, -0.1) is 0 Å². The van der Waals surface area contributed by atoms with Gasteiger partial charge in [-0.25, -0.2) is 0 Å². The smallest absolute Gasteiger partial charge is 0.0923 e. The van der Waals surface area contributed by atoms with Crippen molar-refractivity contribution in [2.75, 3.05) is 0 Å². The first-order chi connectivity index (χ1) is 8.92. The van der Waals surface area contributed by atoms with Crippen LogP contribution in [-0.4, -0.2) is 9.78 Å². The lowest BCUT2D eigenvalue weighted by molar-refractivity contribution is 0.689. The summed E-state index contributed by atoms with van der Waals surface area (Å²) in [6.07, 6.45) is 2.02. The number of hydrogen-bond acceptors (Lipinski definition) is 1. The van der Waals surface area contributed by atoms with Crippen LogP contribution in [0.25, 0.3) is 11.3 Å². The van der Waals surface area contributed by atoms with Crippen molar-refractivity contribution in [2.24, 2.45) is 0 Å². The monoisotopic (exact) mass is 234 g/mol. The summed E-state index contributed by atoms with van der Waals surface area (Å²) in [7, 11) is 0. The van der Waals surface area contributed by atoms with Gasteiger partial charge in [0.15, 0.2) is 0 Å². The van der Waals surface area contributed by atoms with Gasteiger partial charge in [-0.3, -0.25) is 4.68 Å². The summed E-state index contributed by atoms with van der Waals surface area (Å²) >= 11 is 0. The molecule has 3 rings (SSSR count). The lowest BCUT2D eigenvalue weighted by Gasteiger charge is -2.01. The molecule has 1 heterocycles. The molecule has 88 valence electrons.